The number of likely N-dealkylation sites (N-methyl/N-ethyl adjacent to an activating group) is 1. The molecule has 2 rings (SSSR count). The van der Waals surface area contributed by atoms with Crippen LogP contribution in [0.3, 0.4) is 0 Å². The van der Waals surface area contributed by atoms with Crippen molar-refractivity contribution in [3.63, 3.8) is 0 Å². The quantitative estimate of drug-likeness (QED) is 0.585. The highest BCUT2D eigenvalue weighted by molar-refractivity contribution is 6.30. The van der Waals surface area contributed by atoms with Gasteiger partial charge in [-0.25, -0.2) is 0 Å². The molecule has 1 atom stereocenters. The van der Waals surface area contributed by atoms with Gasteiger partial charge in [0.2, 0.25) is 11.8 Å². The molecule has 29 heavy (non-hydrogen) atoms. The second kappa shape index (κ2) is 11.5. The molecule has 0 heterocycles. The Labute approximate surface area is 178 Å². The fourth-order valence-corrected chi connectivity index (χ4v) is 3.19. The van der Waals surface area contributed by atoms with Gasteiger partial charge in [-0.1, -0.05) is 48.4 Å². The van der Waals surface area contributed by atoms with E-state index >= 15 is 0 Å². The molecule has 2 amide bonds. The summed E-state index contributed by atoms with van der Waals surface area (Å²) in [7, 11) is 1.59. The van der Waals surface area contributed by atoms with E-state index in [9.17, 15) is 9.59 Å². The summed E-state index contributed by atoms with van der Waals surface area (Å²) < 4.78 is 5.71. The van der Waals surface area contributed by atoms with Gasteiger partial charge >= 0.3 is 0 Å². The smallest absolute Gasteiger partial charge is 0.242 e. The Morgan fingerprint density at radius 1 is 1.10 bits per heavy atom. The first-order chi connectivity index (χ1) is 13.9. The van der Waals surface area contributed by atoms with Crippen molar-refractivity contribution in [2.45, 2.75) is 45.7 Å². The van der Waals surface area contributed by atoms with E-state index in [-0.39, 0.29) is 11.8 Å². The Bertz CT molecular complexity index is 791. The molecule has 1 unspecified atom stereocenters. The van der Waals surface area contributed by atoms with Gasteiger partial charge in [0.25, 0.3) is 0 Å². The van der Waals surface area contributed by atoms with Crippen LogP contribution in [0.4, 0.5) is 0 Å². The summed E-state index contributed by atoms with van der Waals surface area (Å²) in [4.78, 5) is 26.9. The first-order valence-corrected chi connectivity index (χ1v) is 10.3. The molecule has 0 aliphatic carbocycles. The maximum absolute atomic E-state index is 13.0. The lowest BCUT2D eigenvalue weighted by Gasteiger charge is -2.30. The Balaban J connectivity index is 1.99. The van der Waals surface area contributed by atoms with E-state index in [0.717, 1.165) is 11.3 Å². The molecule has 156 valence electrons. The van der Waals surface area contributed by atoms with Gasteiger partial charge in [0, 0.05) is 25.0 Å². The van der Waals surface area contributed by atoms with Crippen molar-refractivity contribution in [2.24, 2.45) is 0 Å². The lowest BCUT2D eigenvalue weighted by molar-refractivity contribution is -0.141. The monoisotopic (exact) mass is 416 g/mol. The van der Waals surface area contributed by atoms with Crippen molar-refractivity contribution < 1.29 is 14.3 Å². The van der Waals surface area contributed by atoms with Gasteiger partial charge < -0.3 is 15.0 Å². The van der Waals surface area contributed by atoms with E-state index in [1.54, 1.807) is 24.1 Å². The lowest BCUT2D eigenvalue weighted by atomic mass is 10.1. The number of benzene rings is 2. The number of carbonyl (C=O) groups is 2. The molecular weight excluding hydrogens is 388 g/mol. The predicted octanol–water partition coefficient (Wildman–Crippen LogP) is 4.36. The highest BCUT2D eigenvalue weighted by atomic mass is 35.5. The summed E-state index contributed by atoms with van der Waals surface area (Å²) in [5.41, 5.74) is 2.10. The maximum atomic E-state index is 13.0. The number of halogens is 1. The number of carbonyl (C=O) groups excluding carboxylic acids is 2. The van der Waals surface area contributed by atoms with Crippen molar-refractivity contribution in [3.8, 4) is 5.75 Å². The number of aryl methyl sites for hydroxylation is 1. The van der Waals surface area contributed by atoms with Gasteiger partial charge in [0.05, 0.1) is 6.61 Å². The van der Waals surface area contributed by atoms with Crippen molar-refractivity contribution in [3.05, 3.63) is 64.7 Å². The number of amides is 2. The summed E-state index contributed by atoms with van der Waals surface area (Å²) >= 11 is 5.96. The second-order valence-electron chi connectivity index (χ2n) is 6.95. The Morgan fingerprint density at radius 2 is 1.76 bits per heavy atom. The van der Waals surface area contributed by atoms with E-state index in [2.05, 4.69) is 5.32 Å². The molecule has 0 radical (unpaired) electrons. The third-order valence-corrected chi connectivity index (χ3v) is 4.98. The average molecular weight is 417 g/mol. The average Bonchev–Trinajstić information content (AvgIpc) is 2.73. The van der Waals surface area contributed by atoms with Crippen LogP contribution < -0.4 is 10.1 Å². The van der Waals surface area contributed by atoms with Gasteiger partial charge in [0.1, 0.15) is 11.8 Å². The molecule has 0 spiro atoms. The van der Waals surface area contributed by atoms with Crippen molar-refractivity contribution >= 4 is 23.4 Å². The SMILES string of the molecule is CCC(C(=O)NC)N(Cc1ccc(Cl)cc1)C(=O)CCCOc1ccc(C)cc1. The summed E-state index contributed by atoms with van der Waals surface area (Å²) in [5, 5.41) is 3.30. The maximum Gasteiger partial charge on any atom is 0.242 e. The fraction of sp³-hybridized carbons (Fsp3) is 0.391. The highest BCUT2D eigenvalue weighted by Gasteiger charge is 2.27. The summed E-state index contributed by atoms with van der Waals surface area (Å²) in [5.74, 6) is 0.562. The predicted molar refractivity (Wildman–Crippen MR) is 116 cm³/mol. The van der Waals surface area contributed by atoms with Crippen molar-refractivity contribution in [2.75, 3.05) is 13.7 Å². The molecule has 0 saturated heterocycles. The summed E-state index contributed by atoms with van der Waals surface area (Å²) in [6.45, 7) is 4.73. The van der Waals surface area contributed by atoms with Crippen LogP contribution in [0.1, 0.15) is 37.3 Å². The van der Waals surface area contributed by atoms with Gasteiger partial charge in [-0.2, -0.15) is 0 Å². The highest BCUT2D eigenvalue weighted by Crippen LogP contribution is 2.17. The Kier molecular flexibility index (Phi) is 9.00. The van der Waals surface area contributed by atoms with Gasteiger partial charge in [-0.15, -0.1) is 0 Å². The minimum absolute atomic E-state index is 0.0668. The molecule has 0 aromatic heterocycles. The number of nitrogens with one attached hydrogen (secondary N) is 1. The number of rotatable bonds is 10. The van der Waals surface area contributed by atoms with Crippen molar-refractivity contribution in [1.29, 1.82) is 0 Å². The van der Waals surface area contributed by atoms with Gasteiger partial charge in [-0.3, -0.25) is 9.59 Å². The Morgan fingerprint density at radius 3 is 2.34 bits per heavy atom. The number of hydrogen-bond acceptors (Lipinski definition) is 3. The van der Waals surface area contributed by atoms with Crippen molar-refractivity contribution in [1.82, 2.24) is 10.2 Å². The molecule has 0 bridgehead atoms. The zero-order valence-corrected chi connectivity index (χ0v) is 18.0. The normalized spacial score (nSPS) is 11.6. The van der Waals surface area contributed by atoms with Crippen LogP contribution in [-0.2, 0) is 16.1 Å². The van der Waals surface area contributed by atoms with Crippen LogP contribution in [0.2, 0.25) is 5.02 Å². The molecule has 2 aromatic carbocycles. The summed E-state index contributed by atoms with van der Waals surface area (Å²) in [6.07, 6.45) is 1.43. The molecule has 2 aromatic rings. The van der Waals surface area contributed by atoms with Crippen LogP contribution in [0, 0.1) is 6.92 Å². The number of ether oxygens (including phenoxy) is 1. The largest absolute Gasteiger partial charge is 0.494 e. The van der Waals surface area contributed by atoms with E-state index in [4.69, 9.17) is 16.3 Å². The molecule has 0 aliphatic heterocycles. The van der Waals surface area contributed by atoms with Crippen LogP contribution in [0.5, 0.6) is 5.75 Å². The van der Waals surface area contributed by atoms with E-state index in [1.165, 1.54) is 5.56 Å². The molecular formula is C23H29ClN2O3. The van der Waals surface area contributed by atoms with Crippen LogP contribution in [0.15, 0.2) is 48.5 Å². The summed E-state index contributed by atoms with van der Waals surface area (Å²) in [6, 6.07) is 14.6. The molecule has 0 fully saturated rings. The van der Waals surface area contributed by atoms with E-state index in [1.807, 2.05) is 50.2 Å². The topological polar surface area (TPSA) is 58.6 Å². The molecule has 0 saturated carbocycles. The van der Waals surface area contributed by atoms with E-state index < -0.39 is 6.04 Å². The number of hydrogen-bond donors (Lipinski definition) is 1. The minimum Gasteiger partial charge on any atom is -0.494 e. The van der Waals surface area contributed by atoms with Gasteiger partial charge in [-0.05, 0) is 49.6 Å². The third kappa shape index (κ3) is 7.09. The van der Waals surface area contributed by atoms with Gasteiger partial charge in [0.15, 0.2) is 0 Å². The first-order valence-electron chi connectivity index (χ1n) is 9.89. The molecule has 1 N–H and O–H groups in total. The molecule has 0 aliphatic rings. The van der Waals surface area contributed by atoms with Crippen LogP contribution in [-0.4, -0.2) is 36.4 Å². The molecule has 5 nitrogen and oxygen atoms in total. The first kappa shape index (κ1) is 22.8. The number of nitrogens with zero attached hydrogens (tertiary/aromatic N) is 1. The minimum atomic E-state index is -0.513. The lowest BCUT2D eigenvalue weighted by Crippen LogP contribution is -2.48. The van der Waals surface area contributed by atoms with Crippen LogP contribution >= 0.6 is 11.6 Å². The zero-order chi connectivity index (χ0) is 21.2. The third-order valence-electron chi connectivity index (χ3n) is 4.72. The van der Waals surface area contributed by atoms with E-state index in [0.29, 0.717) is 37.4 Å². The van der Waals surface area contributed by atoms with Crippen LogP contribution in [0.25, 0.3) is 0 Å². The fourth-order valence-electron chi connectivity index (χ4n) is 3.06. The second-order valence-corrected chi connectivity index (χ2v) is 7.39. The Hall–Kier alpha value is -2.53. The standard InChI is InChI=1S/C23H29ClN2O3/c1-4-21(23(28)25-3)26(16-18-9-11-19(24)12-10-18)22(27)6-5-15-29-20-13-7-17(2)8-14-20/h7-14,21H,4-6,15-16H2,1-3H3,(H,25,28). The zero-order valence-electron chi connectivity index (χ0n) is 17.3. The molecule has 6 heteroatoms.